The topological polar surface area (TPSA) is 155 Å². The van der Waals surface area contributed by atoms with Crippen LogP contribution in [-0.4, -0.2) is 55.8 Å². The van der Waals surface area contributed by atoms with Crippen LogP contribution < -0.4 is 5.73 Å². The van der Waals surface area contributed by atoms with Crippen LogP contribution in [0.1, 0.15) is 6.23 Å². The number of rotatable bonds is 4. The van der Waals surface area contributed by atoms with E-state index >= 15 is 0 Å². The maximum Gasteiger partial charge on any atom is 0.174 e. The minimum atomic E-state index is -1.88. The van der Waals surface area contributed by atoms with E-state index in [1.54, 1.807) is 6.07 Å². The average Bonchev–Trinajstić information content (AvgIpc) is 3.09. The summed E-state index contributed by atoms with van der Waals surface area (Å²) in [5.74, 6) is 0. The quantitative estimate of drug-likeness (QED) is 0.417. The summed E-state index contributed by atoms with van der Waals surface area (Å²) in [7, 11) is 0. The number of hydrogen-bond acceptors (Lipinski definition) is 7. The van der Waals surface area contributed by atoms with Crippen molar-refractivity contribution >= 4 is 16.9 Å². The van der Waals surface area contributed by atoms with Crippen molar-refractivity contribution in [1.29, 1.82) is 0 Å². The molecular formula is C12H14FN7O3. The molecule has 0 aromatic carbocycles. The number of imidazole rings is 1. The van der Waals surface area contributed by atoms with Gasteiger partial charge in [0.15, 0.2) is 18.0 Å². The largest absolute Gasteiger partial charge is 0.397 e. The van der Waals surface area contributed by atoms with Crippen LogP contribution in [0, 0.1) is 0 Å². The molecule has 23 heavy (non-hydrogen) atoms. The van der Waals surface area contributed by atoms with Crippen molar-refractivity contribution in [3.05, 3.63) is 29.0 Å². The van der Waals surface area contributed by atoms with E-state index in [2.05, 4.69) is 20.0 Å². The highest BCUT2D eigenvalue weighted by Gasteiger charge is 2.55. The summed E-state index contributed by atoms with van der Waals surface area (Å²) in [5.41, 5.74) is 13.5. The van der Waals surface area contributed by atoms with E-state index in [9.17, 15) is 14.6 Å². The van der Waals surface area contributed by atoms with Crippen LogP contribution in [0.3, 0.4) is 0 Å². The van der Waals surface area contributed by atoms with Crippen molar-refractivity contribution in [2.45, 2.75) is 24.1 Å². The fraction of sp³-hybridized carbons (Fsp3) is 0.500. The number of aliphatic hydroxyl groups is 2. The van der Waals surface area contributed by atoms with E-state index in [1.165, 1.54) is 17.1 Å². The molecule has 122 valence electrons. The van der Waals surface area contributed by atoms with Crippen molar-refractivity contribution in [2.24, 2.45) is 5.11 Å². The van der Waals surface area contributed by atoms with Gasteiger partial charge in [0.1, 0.15) is 17.2 Å². The van der Waals surface area contributed by atoms with Gasteiger partial charge in [0, 0.05) is 11.1 Å². The fourth-order valence-electron chi connectivity index (χ4n) is 2.63. The number of halogens is 1. The summed E-state index contributed by atoms with van der Waals surface area (Å²) in [5, 5.41) is 22.9. The number of fused-ring (bicyclic) bond motifs is 1. The number of hydrogen-bond donors (Lipinski definition) is 3. The zero-order chi connectivity index (χ0) is 16.6. The highest BCUT2D eigenvalue weighted by molar-refractivity contribution is 5.83. The summed E-state index contributed by atoms with van der Waals surface area (Å²) in [6, 6.07) is 1.55. The fourth-order valence-corrected chi connectivity index (χ4v) is 2.63. The monoisotopic (exact) mass is 323 g/mol. The Hall–Kier alpha value is -2.46. The van der Waals surface area contributed by atoms with Crippen LogP contribution >= 0.6 is 0 Å². The Morgan fingerprint density at radius 1 is 1.57 bits per heavy atom. The number of alkyl halides is 1. The molecule has 0 bridgehead atoms. The molecular weight excluding hydrogens is 309 g/mol. The summed E-state index contributed by atoms with van der Waals surface area (Å²) < 4.78 is 21.4. The van der Waals surface area contributed by atoms with Crippen LogP contribution in [0.4, 0.5) is 10.1 Å². The summed E-state index contributed by atoms with van der Waals surface area (Å²) in [6.07, 6.45) is -2.12. The van der Waals surface area contributed by atoms with Crippen LogP contribution in [0.25, 0.3) is 21.6 Å². The SMILES string of the molecule is [N-]=[N+]=NC[C@]1(CO)O[C@@H](n2cnc3c(N)ccnc32)[C@H](F)[C@@H]1O. The Balaban J connectivity index is 2.03. The predicted octanol–water partition coefficient (Wildman–Crippen LogP) is 0.283. The molecule has 0 aliphatic carbocycles. The lowest BCUT2D eigenvalue weighted by molar-refractivity contribution is -0.120. The zero-order valence-electron chi connectivity index (χ0n) is 11.8. The number of nitrogen functional groups attached to an aromatic ring is 1. The van der Waals surface area contributed by atoms with E-state index < -0.39 is 37.3 Å². The lowest BCUT2D eigenvalue weighted by Crippen LogP contribution is -2.48. The normalized spacial score (nSPS) is 30.5. The molecule has 10 nitrogen and oxygen atoms in total. The lowest BCUT2D eigenvalue weighted by atomic mass is 9.97. The molecule has 1 aliphatic rings. The third-order valence-corrected chi connectivity index (χ3v) is 3.90. The van der Waals surface area contributed by atoms with Crippen molar-refractivity contribution in [2.75, 3.05) is 18.9 Å². The minimum absolute atomic E-state index is 0.280. The van der Waals surface area contributed by atoms with E-state index in [0.717, 1.165) is 0 Å². The number of ether oxygens (including phenoxy) is 1. The average molecular weight is 323 g/mol. The Morgan fingerprint density at radius 3 is 3.04 bits per heavy atom. The first-order valence-corrected chi connectivity index (χ1v) is 6.73. The molecule has 1 aliphatic heterocycles. The lowest BCUT2D eigenvalue weighted by Gasteiger charge is -2.27. The summed E-state index contributed by atoms with van der Waals surface area (Å²) >= 11 is 0. The molecule has 0 spiro atoms. The standard InChI is InChI=1S/C12H14FN7O3/c13-7-9(22)12(4-21,3-18-19-15)23-11(7)20-5-17-8-6(14)1-2-16-10(8)20/h1-2,5,7,9,11,21-22H,3-4H2,(H2,14,16)/t7-,9+,11-,12-/m1/s1. The molecule has 4 atom stereocenters. The van der Waals surface area contributed by atoms with Crippen LogP contribution in [-0.2, 0) is 4.74 Å². The van der Waals surface area contributed by atoms with Gasteiger partial charge in [-0.05, 0) is 11.6 Å². The molecule has 2 aromatic heterocycles. The third kappa shape index (κ3) is 2.26. The molecule has 1 saturated heterocycles. The highest BCUT2D eigenvalue weighted by Crippen LogP contribution is 2.40. The third-order valence-electron chi connectivity index (χ3n) is 3.90. The van der Waals surface area contributed by atoms with E-state index in [1.807, 2.05) is 0 Å². The molecule has 4 N–H and O–H groups in total. The number of nitrogens with zero attached hydrogens (tertiary/aromatic N) is 6. The van der Waals surface area contributed by atoms with Crippen LogP contribution in [0.2, 0.25) is 0 Å². The van der Waals surface area contributed by atoms with Gasteiger partial charge >= 0.3 is 0 Å². The van der Waals surface area contributed by atoms with E-state index in [-0.39, 0.29) is 5.65 Å². The maximum atomic E-state index is 14.6. The van der Waals surface area contributed by atoms with Gasteiger partial charge in [-0.2, -0.15) is 0 Å². The molecule has 3 heterocycles. The number of aromatic nitrogens is 3. The van der Waals surface area contributed by atoms with Gasteiger partial charge in [-0.1, -0.05) is 5.11 Å². The minimum Gasteiger partial charge on any atom is -0.397 e. The molecule has 0 saturated carbocycles. The highest BCUT2D eigenvalue weighted by atomic mass is 19.1. The molecule has 2 aromatic rings. The number of anilines is 1. The second kappa shape index (κ2) is 5.63. The first kappa shape index (κ1) is 15.4. The van der Waals surface area contributed by atoms with Crippen molar-refractivity contribution in [1.82, 2.24) is 14.5 Å². The summed E-state index contributed by atoms with van der Waals surface area (Å²) in [6.45, 7) is -1.13. The van der Waals surface area contributed by atoms with Crippen molar-refractivity contribution < 1.29 is 19.3 Å². The molecule has 0 radical (unpaired) electrons. The zero-order valence-corrected chi connectivity index (χ0v) is 11.8. The Bertz CT molecular complexity index is 777. The smallest absolute Gasteiger partial charge is 0.174 e. The maximum absolute atomic E-state index is 14.6. The Labute approximate surface area is 128 Å². The van der Waals surface area contributed by atoms with Gasteiger partial charge in [0.2, 0.25) is 0 Å². The van der Waals surface area contributed by atoms with Crippen molar-refractivity contribution in [3.63, 3.8) is 0 Å². The predicted molar refractivity (Wildman–Crippen MR) is 76.8 cm³/mol. The van der Waals surface area contributed by atoms with Crippen LogP contribution in [0.15, 0.2) is 23.7 Å². The number of nitrogens with two attached hydrogens (primary N) is 1. The Kier molecular flexibility index (Phi) is 3.78. The molecule has 0 unspecified atom stereocenters. The van der Waals surface area contributed by atoms with Gasteiger partial charge in [-0.3, -0.25) is 4.57 Å². The second-order valence-corrected chi connectivity index (χ2v) is 5.23. The van der Waals surface area contributed by atoms with Gasteiger partial charge < -0.3 is 20.7 Å². The second-order valence-electron chi connectivity index (χ2n) is 5.23. The number of azide groups is 1. The van der Waals surface area contributed by atoms with Gasteiger partial charge in [0.25, 0.3) is 0 Å². The van der Waals surface area contributed by atoms with E-state index in [0.29, 0.717) is 11.2 Å². The number of aliphatic hydroxyl groups excluding tert-OH is 2. The van der Waals surface area contributed by atoms with Crippen LogP contribution in [0.5, 0.6) is 0 Å². The van der Waals surface area contributed by atoms with Gasteiger partial charge in [0.05, 0.1) is 25.2 Å². The van der Waals surface area contributed by atoms with E-state index in [4.69, 9.17) is 16.0 Å². The molecule has 3 rings (SSSR count). The van der Waals surface area contributed by atoms with Crippen molar-refractivity contribution in [3.8, 4) is 0 Å². The first-order valence-electron chi connectivity index (χ1n) is 6.73. The summed E-state index contributed by atoms with van der Waals surface area (Å²) in [4.78, 5) is 10.7. The molecule has 1 fully saturated rings. The Morgan fingerprint density at radius 2 is 2.35 bits per heavy atom. The van der Waals surface area contributed by atoms with Gasteiger partial charge in [-0.25, -0.2) is 14.4 Å². The molecule has 0 amide bonds. The first-order chi connectivity index (χ1) is 11.0. The molecule has 11 heteroatoms. The number of pyridine rings is 1. The van der Waals surface area contributed by atoms with Gasteiger partial charge in [-0.15, -0.1) is 0 Å².